The van der Waals surface area contributed by atoms with Gasteiger partial charge in [0.1, 0.15) is 12.1 Å². The quantitative estimate of drug-likeness (QED) is 0.722. The predicted molar refractivity (Wildman–Crippen MR) is 104 cm³/mol. The number of aromatic nitrogens is 2. The Hall–Kier alpha value is -2.21. The first-order chi connectivity index (χ1) is 12.7. The predicted octanol–water partition coefficient (Wildman–Crippen LogP) is 3.46. The van der Waals surface area contributed by atoms with Crippen LogP contribution in [-0.4, -0.2) is 39.2 Å². The van der Waals surface area contributed by atoms with Gasteiger partial charge in [0.2, 0.25) is 0 Å². The smallest absolute Gasteiger partial charge is 0.137 e. The Morgan fingerprint density at radius 1 is 1.12 bits per heavy atom. The molecule has 6 heteroatoms. The molecular formula is C20H21ClN4O. The van der Waals surface area contributed by atoms with Crippen LogP contribution in [-0.2, 0) is 13.1 Å². The number of hydrogen-bond acceptors (Lipinski definition) is 5. The maximum Gasteiger partial charge on any atom is 0.137 e. The van der Waals surface area contributed by atoms with Crippen LogP contribution in [0.25, 0.3) is 10.9 Å². The number of nitrogens with one attached hydrogen (secondary N) is 1. The third-order valence-corrected chi connectivity index (χ3v) is 4.97. The zero-order valence-corrected chi connectivity index (χ0v) is 15.2. The summed E-state index contributed by atoms with van der Waals surface area (Å²) in [6.07, 6.45) is 2.25. The molecule has 1 aliphatic rings. The molecule has 5 nitrogen and oxygen atoms in total. The molecule has 0 spiro atoms. The molecule has 2 heterocycles. The normalized spacial score (nSPS) is 17.7. The van der Waals surface area contributed by atoms with Gasteiger partial charge in [0.05, 0.1) is 11.6 Å². The third kappa shape index (κ3) is 3.96. The lowest BCUT2D eigenvalue weighted by atomic mass is 10.1. The molecule has 134 valence electrons. The van der Waals surface area contributed by atoms with Crippen LogP contribution in [0.2, 0.25) is 5.02 Å². The molecule has 0 amide bonds. The average molecular weight is 369 g/mol. The molecule has 2 aromatic carbocycles. The fourth-order valence-corrected chi connectivity index (χ4v) is 3.50. The third-order valence-electron chi connectivity index (χ3n) is 4.74. The van der Waals surface area contributed by atoms with E-state index < -0.39 is 0 Å². The first-order valence-corrected chi connectivity index (χ1v) is 9.17. The van der Waals surface area contributed by atoms with Crippen molar-refractivity contribution in [2.75, 3.05) is 18.4 Å². The first-order valence-electron chi connectivity index (χ1n) is 8.80. The van der Waals surface area contributed by atoms with Crippen molar-refractivity contribution in [3.63, 3.8) is 0 Å². The zero-order chi connectivity index (χ0) is 17.9. The van der Waals surface area contributed by atoms with E-state index in [1.165, 1.54) is 11.1 Å². The summed E-state index contributed by atoms with van der Waals surface area (Å²) < 4.78 is 0. The minimum atomic E-state index is -0.170. The van der Waals surface area contributed by atoms with E-state index in [1.807, 2.05) is 18.2 Å². The molecule has 1 aromatic heterocycles. The van der Waals surface area contributed by atoms with Gasteiger partial charge < -0.3 is 10.4 Å². The molecule has 0 radical (unpaired) electrons. The van der Waals surface area contributed by atoms with Crippen molar-refractivity contribution in [3.05, 3.63) is 64.9 Å². The van der Waals surface area contributed by atoms with E-state index in [0.29, 0.717) is 11.6 Å². The van der Waals surface area contributed by atoms with Crippen LogP contribution < -0.4 is 5.32 Å². The second kappa shape index (κ2) is 7.58. The molecule has 1 aliphatic heterocycles. The van der Waals surface area contributed by atoms with E-state index in [0.717, 1.165) is 42.8 Å². The minimum Gasteiger partial charge on any atom is -0.392 e. The highest BCUT2D eigenvalue weighted by atomic mass is 35.5. The van der Waals surface area contributed by atoms with E-state index in [2.05, 4.69) is 44.5 Å². The molecule has 4 rings (SSSR count). The molecule has 1 saturated heterocycles. The lowest BCUT2D eigenvalue weighted by molar-refractivity contribution is 0.175. The van der Waals surface area contributed by atoms with Crippen molar-refractivity contribution in [2.45, 2.75) is 25.6 Å². The van der Waals surface area contributed by atoms with E-state index in [4.69, 9.17) is 11.6 Å². The largest absolute Gasteiger partial charge is 0.392 e. The summed E-state index contributed by atoms with van der Waals surface area (Å²) >= 11 is 6.03. The van der Waals surface area contributed by atoms with Gasteiger partial charge in [-0.3, -0.25) is 4.90 Å². The minimum absolute atomic E-state index is 0.170. The van der Waals surface area contributed by atoms with Crippen molar-refractivity contribution < 1.29 is 5.11 Å². The summed E-state index contributed by atoms with van der Waals surface area (Å²) in [7, 11) is 0. The molecule has 1 fully saturated rings. The molecule has 3 aromatic rings. The summed E-state index contributed by atoms with van der Waals surface area (Å²) in [6, 6.07) is 14.2. The topological polar surface area (TPSA) is 61.3 Å². The van der Waals surface area contributed by atoms with Gasteiger partial charge in [-0.2, -0.15) is 0 Å². The monoisotopic (exact) mass is 368 g/mol. The molecule has 2 N–H and O–H groups in total. The number of fused-ring (bicyclic) bond motifs is 1. The Kier molecular flexibility index (Phi) is 5.02. The Morgan fingerprint density at radius 2 is 1.92 bits per heavy atom. The van der Waals surface area contributed by atoms with E-state index in [9.17, 15) is 5.11 Å². The number of hydrogen-bond donors (Lipinski definition) is 2. The highest BCUT2D eigenvalue weighted by Gasteiger charge is 2.19. The van der Waals surface area contributed by atoms with Crippen LogP contribution in [0.1, 0.15) is 17.5 Å². The van der Waals surface area contributed by atoms with E-state index in [-0.39, 0.29) is 6.10 Å². The van der Waals surface area contributed by atoms with Crippen molar-refractivity contribution in [2.24, 2.45) is 0 Å². The molecule has 1 unspecified atom stereocenters. The van der Waals surface area contributed by atoms with Crippen molar-refractivity contribution >= 4 is 28.3 Å². The summed E-state index contributed by atoms with van der Waals surface area (Å²) in [4.78, 5) is 10.9. The standard InChI is InChI=1S/C20H21ClN4O/c21-16-5-6-18-19(9-16)23-13-24-20(18)22-10-14-1-3-15(4-2-14)11-25-8-7-17(26)12-25/h1-6,9,13,17,26H,7-8,10-12H2,(H,22,23,24). The number of halogens is 1. The molecule has 26 heavy (non-hydrogen) atoms. The Morgan fingerprint density at radius 3 is 2.69 bits per heavy atom. The summed E-state index contributed by atoms with van der Waals surface area (Å²) in [6.45, 7) is 3.32. The molecule has 0 saturated carbocycles. The highest BCUT2D eigenvalue weighted by Crippen LogP contribution is 2.23. The summed E-state index contributed by atoms with van der Waals surface area (Å²) in [5.41, 5.74) is 3.29. The van der Waals surface area contributed by atoms with E-state index >= 15 is 0 Å². The Labute approximate surface area is 157 Å². The fourth-order valence-electron chi connectivity index (χ4n) is 3.33. The SMILES string of the molecule is OC1CCN(Cc2ccc(CNc3ncnc4cc(Cl)ccc34)cc2)C1. The lowest BCUT2D eigenvalue weighted by Gasteiger charge is -2.15. The van der Waals surface area contributed by atoms with Gasteiger partial charge in [-0.05, 0) is 35.7 Å². The molecule has 1 atom stereocenters. The van der Waals surface area contributed by atoms with Crippen LogP contribution in [0.5, 0.6) is 0 Å². The van der Waals surface area contributed by atoms with Gasteiger partial charge in [0.25, 0.3) is 0 Å². The van der Waals surface area contributed by atoms with Crippen LogP contribution in [0.4, 0.5) is 5.82 Å². The average Bonchev–Trinajstić information content (AvgIpc) is 3.05. The van der Waals surface area contributed by atoms with Gasteiger partial charge in [0.15, 0.2) is 0 Å². The maximum atomic E-state index is 9.62. The zero-order valence-electron chi connectivity index (χ0n) is 14.4. The number of rotatable bonds is 5. The number of aliphatic hydroxyl groups excluding tert-OH is 1. The second-order valence-electron chi connectivity index (χ2n) is 6.73. The first kappa shape index (κ1) is 17.2. The van der Waals surface area contributed by atoms with Crippen molar-refractivity contribution in [3.8, 4) is 0 Å². The van der Waals surface area contributed by atoms with Gasteiger partial charge >= 0.3 is 0 Å². The number of nitrogens with zero attached hydrogens (tertiary/aromatic N) is 3. The fraction of sp³-hybridized carbons (Fsp3) is 0.300. The van der Waals surface area contributed by atoms with Crippen molar-refractivity contribution in [1.29, 1.82) is 0 Å². The molecule has 0 aliphatic carbocycles. The summed E-state index contributed by atoms with van der Waals surface area (Å²) in [5.74, 6) is 0.807. The highest BCUT2D eigenvalue weighted by molar-refractivity contribution is 6.31. The number of β-amino-alcohol motifs (C(OH)–C–C–N with tert-alkyl or cyclic N) is 1. The summed E-state index contributed by atoms with van der Waals surface area (Å²) in [5, 5.41) is 14.6. The van der Waals surface area contributed by atoms with Crippen LogP contribution >= 0.6 is 11.6 Å². The van der Waals surface area contributed by atoms with Crippen LogP contribution in [0, 0.1) is 0 Å². The van der Waals surface area contributed by atoms with Gasteiger partial charge in [-0.25, -0.2) is 9.97 Å². The molecule has 0 bridgehead atoms. The lowest BCUT2D eigenvalue weighted by Crippen LogP contribution is -2.21. The second-order valence-corrected chi connectivity index (χ2v) is 7.17. The Balaban J connectivity index is 1.40. The van der Waals surface area contributed by atoms with Crippen LogP contribution in [0.3, 0.4) is 0 Å². The van der Waals surface area contributed by atoms with Gasteiger partial charge in [-0.1, -0.05) is 35.9 Å². The van der Waals surface area contributed by atoms with Crippen molar-refractivity contribution in [1.82, 2.24) is 14.9 Å². The van der Waals surface area contributed by atoms with Gasteiger partial charge in [0, 0.05) is 36.6 Å². The van der Waals surface area contributed by atoms with Gasteiger partial charge in [-0.15, -0.1) is 0 Å². The Bertz CT molecular complexity index is 900. The van der Waals surface area contributed by atoms with E-state index in [1.54, 1.807) is 6.33 Å². The number of aliphatic hydroxyl groups is 1. The molecular weight excluding hydrogens is 348 g/mol. The van der Waals surface area contributed by atoms with Crippen LogP contribution in [0.15, 0.2) is 48.8 Å². The number of anilines is 1. The number of likely N-dealkylation sites (tertiary alicyclic amines) is 1. The number of benzene rings is 2. The maximum absolute atomic E-state index is 9.62.